The van der Waals surface area contributed by atoms with Gasteiger partial charge < -0.3 is 10.1 Å². The van der Waals surface area contributed by atoms with Crippen LogP contribution in [-0.2, 0) is 16.1 Å². The van der Waals surface area contributed by atoms with Gasteiger partial charge in [-0.05, 0) is 39.3 Å². The summed E-state index contributed by atoms with van der Waals surface area (Å²) in [7, 11) is 0. The molecule has 1 atom stereocenters. The van der Waals surface area contributed by atoms with E-state index in [4.69, 9.17) is 4.74 Å². The first kappa shape index (κ1) is 15.7. The van der Waals surface area contributed by atoms with Gasteiger partial charge in [-0.3, -0.25) is 4.79 Å². The van der Waals surface area contributed by atoms with Crippen molar-refractivity contribution in [3.8, 4) is 0 Å². The smallest absolute Gasteiger partial charge is 0.309 e. The molecule has 19 heavy (non-hydrogen) atoms. The fourth-order valence-electron chi connectivity index (χ4n) is 1.67. The van der Waals surface area contributed by atoms with Crippen molar-refractivity contribution >= 4 is 5.97 Å². The summed E-state index contributed by atoms with van der Waals surface area (Å²) < 4.78 is 5.35. The predicted molar refractivity (Wildman–Crippen MR) is 77.8 cm³/mol. The molecular formula is C16H25NO2. The van der Waals surface area contributed by atoms with Gasteiger partial charge in [0.05, 0.1) is 5.92 Å². The summed E-state index contributed by atoms with van der Waals surface area (Å²) in [5.74, 6) is -0.184. The molecule has 0 aliphatic carbocycles. The number of benzene rings is 1. The van der Waals surface area contributed by atoms with E-state index in [2.05, 4.69) is 17.4 Å². The monoisotopic (exact) mass is 263 g/mol. The molecule has 0 heterocycles. The van der Waals surface area contributed by atoms with E-state index in [1.165, 1.54) is 5.56 Å². The Labute approximate surface area is 116 Å². The number of carbonyl (C=O) groups excluding carboxylic acids is 1. The molecule has 0 saturated carbocycles. The number of rotatable bonds is 6. The summed E-state index contributed by atoms with van der Waals surface area (Å²) in [5, 5.41) is 3.34. The van der Waals surface area contributed by atoms with Crippen LogP contribution in [0.5, 0.6) is 0 Å². The second kappa shape index (κ2) is 7.29. The normalized spacial score (nSPS) is 13.1. The average molecular weight is 263 g/mol. The number of carbonyl (C=O) groups is 1. The molecule has 0 aliphatic rings. The Morgan fingerprint density at radius 1 is 1.26 bits per heavy atom. The highest BCUT2D eigenvalue weighted by atomic mass is 16.6. The van der Waals surface area contributed by atoms with Crippen LogP contribution in [-0.4, -0.2) is 18.1 Å². The molecule has 1 aromatic carbocycles. The van der Waals surface area contributed by atoms with Gasteiger partial charge in [0.1, 0.15) is 5.60 Å². The van der Waals surface area contributed by atoms with Gasteiger partial charge in [0.25, 0.3) is 0 Å². The Morgan fingerprint density at radius 2 is 1.89 bits per heavy atom. The molecule has 0 amide bonds. The molecule has 0 unspecified atom stereocenters. The molecule has 0 bridgehead atoms. The lowest BCUT2D eigenvalue weighted by molar-refractivity contribution is -0.159. The first-order valence-corrected chi connectivity index (χ1v) is 6.86. The van der Waals surface area contributed by atoms with Crippen molar-refractivity contribution in [2.45, 2.75) is 46.3 Å². The van der Waals surface area contributed by atoms with Crippen molar-refractivity contribution < 1.29 is 9.53 Å². The van der Waals surface area contributed by atoms with Crippen LogP contribution in [0.25, 0.3) is 0 Å². The minimum atomic E-state index is -0.400. The van der Waals surface area contributed by atoms with E-state index in [9.17, 15) is 4.79 Å². The molecule has 0 aromatic heterocycles. The van der Waals surface area contributed by atoms with Crippen molar-refractivity contribution in [1.82, 2.24) is 5.32 Å². The molecule has 0 spiro atoms. The molecule has 106 valence electrons. The van der Waals surface area contributed by atoms with Gasteiger partial charge in [-0.15, -0.1) is 0 Å². The van der Waals surface area contributed by atoms with Gasteiger partial charge in [-0.2, -0.15) is 0 Å². The number of esters is 1. The Hall–Kier alpha value is -1.35. The van der Waals surface area contributed by atoms with Crippen LogP contribution in [0.2, 0.25) is 0 Å². The van der Waals surface area contributed by atoms with Crippen molar-refractivity contribution in [1.29, 1.82) is 0 Å². The Bertz CT molecular complexity index is 381. The Morgan fingerprint density at radius 3 is 2.47 bits per heavy atom. The van der Waals surface area contributed by atoms with Crippen molar-refractivity contribution in [2.24, 2.45) is 5.92 Å². The molecular weight excluding hydrogens is 238 g/mol. The molecule has 1 N–H and O–H groups in total. The van der Waals surface area contributed by atoms with Crippen molar-refractivity contribution in [3.63, 3.8) is 0 Å². The van der Waals surface area contributed by atoms with Crippen molar-refractivity contribution in [3.05, 3.63) is 35.9 Å². The topological polar surface area (TPSA) is 38.3 Å². The van der Waals surface area contributed by atoms with Gasteiger partial charge in [-0.1, -0.05) is 37.3 Å². The van der Waals surface area contributed by atoms with Crippen LogP contribution < -0.4 is 5.32 Å². The minimum Gasteiger partial charge on any atom is -0.460 e. The number of hydrogen-bond acceptors (Lipinski definition) is 3. The molecule has 0 aliphatic heterocycles. The van der Waals surface area contributed by atoms with Gasteiger partial charge >= 0.3 is 5.97 Å². The highest BCUT2D eigenvalue weighted by Gasteiger charge is 2.21. The lowest BCUT2D eigenvalue weighted by Gasteiger charge is -2.22. The SMILES string of the molecule is C[C@H](CCNCc1ccccc1)C(=O)OC(C)(C)C. The number of hydrogen-bond donors (Lipinski definition) is 1. The fraction of sp³-hybridized carbons (Fsp3) is 0.562. The van der Waals surface area contributed by atoms with E-state index in [0.29, 0.717) is 0 Å². The van der Waals surface area contributed by atoms with E-state index >= 15 is 0 Å². The summed E-state index contributed by atoms with van der Waals surface area (Å²) in [4.78, 5) is 11.8. The zero-order valence-corrected chi connectivity index (χ0v) is 12.4. The lowest BCUT2D eigenvalue weighted by atomic mass is 10.1. The zero-order valence-electron chi connectivity index (χ0n) is 12.4. The molecule has 1 rings (SSSR count). The first-order valence-electron chi connectivity index (χ1n) is 6.86. The molecule has 3 heteroatoms. The summed E-state index contributed by atoms with van der Waals surface area (Å²) in [6, 6.07) is 10.2. The van der Waals surface area contributed by atoms with E-state index in [1.54, 1.807) is 0 Å². The Balaban J connectivity index is 2.20. The summed E-state index contributed by atoms with van der Waals surface area (Å²) in [5.41, 5.74) is 0.857. The quantitative estimate of drug-likeness (QED) is 0.633. The largest absolute Gasteiger partial charge is 0.460 e. The fourth-order valence-corrected chi connectivity index (χ4v) is 1.67. The summed E-state index contributed by atoms with van der Waals surface area (Å²) in [6.45, 7) is 9.25. The van der Waals surface area contributed by atoms with Crippen LogP contribution in [0.4, 0.5) is 0 Å². The van der Waals surface area contributed by atoms with E-state index in [0.717, 1.165) is 19.5 Å². The maximum atomic E-state index is 11.8. The molecule has 1 aromatic rings. The zero-order chi connectivity index (χ0) is 14.3. The Kier molecular flexibility index (Phi) is 6.03. The summed E-state index contributed by atoms with van der Waals surface area (Å²) >= 11 is 0. The average Bonchev–Trinajstić information content (AvgIpc) is 2.33. The highest BCUT2D eigenvalue weighted by molar-refractivity contribution is 5.72. The maximum absolute atomic E-state index is 11.8. The van der Waals surface area contributed by atoms with Gasteiger partial charge in [-0.25, -0.2) is 0 Å². The third-order valence-electron chi connectivity index (χ3n) is 2.74. The molecule has 0 saturated heterocycles. The molecule has 3 nitrogen and oxygen atoms in total. The van der Waals surface area contributed by atoms with Crippen LogP contribution in [0, 0.1) is 5.92 Å². The number of ether oxygens (including phenoxy) is 1. The minimum absolute atomic E-state index is 0.0671. The van der Waals surface area contributed by atoms with Gasteiger partial charge in [0, 0.05) is 6.54 Å². The molecule has 0 fully saturated rings. The second-order valence-electron chi connectivity index (χ2n) is 5.89. The van der Waals surface area contributed by atoms with Crippen LogP contribution in [0.15, 0.2) is 30.3 Å². The predicted octanol–water partition coefficient (Wildman–Crippen LogP) is 3.14. The van der Waals surface area contributed by atoms with Gasteiger partial charge in [0.2, 0.25) is 0 Å². The molecule has 0 radical (unpaired) electrons. The van der Waals surface area contributed by atoms with Crippen LogP contribution in [0.1, 0.15) is 39.7 Å². The standard InChI is InChI=1S/C16H25NO2/c1-13(15(18)19-16(2,3)4)10-11-17-12-14-8-6-5-7-9-14/h5-9,13,17H,10-12H2,1-4H3/t13-/m1/s1. The highest BCUT2D eigenvalue weighted by Crippen LogP contribution is 2.12. The van der Waals surface area contributed by atoms with Gasteiger partial charge in [0.15, 0.2) is 0 Å². The third-order valence-corrected chi connectivity index (χ3v) is 2.74. The maximum Gasteiger partial charge on any atom is 0.309 e. The van der Waals surface area contributed by atoms with Crippen LogP contribution in [0.3, 0.4) is 0 Å². The lowest BCUT2D eigenvalue weighted by Crippen LogP contribution is -2.29. The summed E-state index contributed by atoms with van der Waals surface area (Å²) in [6.07, 6.45) is 0.793. The second-order valence-corrected chi connectivity index (χ2v) is 5.89. The van der Waals surface area contributed by atoms with E-state index in [1.807, 2.05) is 45.9 Å². The number of nitrogens with one attached hydrogen (secondary N) is 1. The van der Waals surface area contributed by atoms with Crippen molar-refractivity contribution in [2.75, 3.05) is 6.54 Å². The first-order chi connectivity index (χ1) is 8.88. The van der Waals surface area contributed by atoms with Crippen LogP contribution >= 0.6 is 0 Å². The van der Waals surface area contributed by atoms with E-state index in [-0.39, 0.29) is 11.9 Å². The van der Waals surface area contributed by atoms with E-state index < -0.39 is 5.60 Å². The third kappa shape index (κ3) is 6.97.